The van der Waals surface area contributed by atoms with E-state index in [1.807, 2.05) is 18.2 Å². The Morgan fingerprint density at radius 2 is 1.36 bits per heavy atom. The minimum absolute atomic E-state index is 0.0546. The predicted octanol–water partition coefficient (Wildman–Crippen LogP) is 10.2. The molecule has 0 N–H and O–H groups in total. The highest BCUT2D eigenvalue weighted by atomic mass is 19.1. The molecule has 1 aromatic rings. The number of benzene rings is 1. The van der Waals surface area contributed by atoms with Gasteiger partial charge in [0.2, 0.25) is 0 Å². The van der Waals surface area contributed by atoms with Crippen LogP contribution in [0.2, 0.25) is 0 Å². The van der Waals surface area contributed by atoms with Gasteiger partial charge >= 0.3 is 0 Å². The second kappa shape index (κ2) is 11.9. The van der Waals surface area contributed by atoms with E-state index < -0.39 is 0 Å². The minimum Gasteiger partial charge on any atom is -0.211 e. The van der Waals surface area contributed by atoms with E-state index in [0.29, 0.717) is 11.8 Å². The molecule has 3 aliphatic carbocycles. The molecule has 0 saturated heterocycles. The first kappa shape index (κ1) is 24.7. The number of allylic oxidation sites excluding steroid dienone is 4. The van der Waals surface area contributed by atoms with E-state index in [-0.39, 0.29) is 17.2 Å². The van der Waals surface area contributed by atoms with Gasteiger partial charge in [-0.1, -0.05) is 121 Å². The smallest absolute Gasteiger partial charge is 0.108 e. The summed E-state index contributed by atoms with van der Waals surface area (Å²) in [6.45, 7) is 4.62. The van der Waals surface area contributed by atoms with Gasteiger partial charge in [-0.3, -0.25) is 0 Å². The molecule has 0 nitrogen and oxygen atoms in total. The van der Waals surface area contributed by atoms with Crippen molar-refractivity contribution in [3.63, 3.8) is 0 Å². The quantitative estimate of drug-likeness (QED) is 0.259. The van der Waals surface area contributed by atoms with Crippen LogP contribution in [0.3, 0.4) is 0 Å². The lowest BCUT2D eigenvalue weighted by molar-refractivity contribution is 0.0801. The molecule has 0 radical (unpaired) electrons. The van der Waals surface area contributed by atoms with Crippen molar-refractivity contribution in [3.05, 3.63) is 60.0 Å². The molecule has 2 fully saturated rings. The van der Waals surface area contributed by atoms with Crippen molar-refractivity contribution in [1.82, 2.24) is 0 Å². The Bertz CT molecular complexity index is 761. The first-order valence-corrected chi connectivity index (χ1v) is 14.3. The Morgan fingerprint density at radius 3 is 1.91 bits per heavy atom. The molecule has 1 aromatic carbocycles. The van der Waals surface area contributed by atoms with Crippen LogP contribution in [-0.4, -0.2) is 0 Å². The number of unbranched alkanes of at least 4 members (excludes halogenated alkanes) is 2. The lowest BCUT2D eigenvalue weighted by Crippen LogP contribution is -2.40. The molecule has 2 saturated carbocycles. The summed E-state index contributed by atoms with van der Waals surface area (Å²) >= 11 is 0. The summed E-state index contributed by atoms with van der Waals surface area (Å²) in [5.41, 5.74) is 1.03. The van der Waals surface area contributed by atoms with Crippen LogP contribution in [-0.2, 0) is 0 Å². The van der Waals surface area contributed by atoms with E-state index in [1.165, 1.54) is 89.9 Å². The van der Waals surface area contributed by atoms with Gasteiger partial charge in [0, 0.05) is 5.41 Å². The van der Waals surface area contributed by atoms with Gasteiger partial charge in [0.05, 0.1) is 5.92 Å². The molecule has 2 unspecified atom stereocenters. The van der Waals surface area contributed by atoms with Crippen molar-refractivity contribution in [3.8, 4) is 0 Å². The first-order chi connectivity index (χ1) is 16.2. The van der Waals surface area contributed by atoms with Crippen LogP contribution in [0, 0.1) is 29.1 Å². The predicted molar refractivity (Wildman–Crippen MR) is 140 cm³/mol. The van der Waals surface area contributed by atoms with Crippen molar-refractivity contribution in [2.45, 2.75) is 110 Å². The van der Waals surface area contributed by atoms with Crippen molar-refractivity contribution in [1.29, 1.82) is 0 Å². The van der Waals surface area contributed by atoms with Crippen LogP contribution in [0.4, 0.5) is 4.39 Å². The summed E-state index contributed by atoms with van der Waals surface area (Å²) in [5.74, 6) is 2.95. The van der Waals surface area contributed by atoms with Crippen molar-refractivity contribution < 1.29 is 4.39 Å². The van der Waals surface area contributed by atoms with Gasteiger partial charge in [0.1, 0.15) is 5.83 Å². The second-order valence-electron chi connectivity index (χ2n) is 11.5. The van der Waals surface area contributed by atoms with Gasteiger partial charge in [0.25, 0.3) is 0 Å². The van der Waals surface area contributed by atoms with Crippen molar-refractivity contribution >= 4 is 0 Å². The largest absolute Gasteiger partial charge is 0.211 e. The number of rotatable bonds is 9. The molecule has 3 aliphatic rings. The average Bonchev–Trinajstić information content (AvgIpc) is 2.86. The molecule has 0 spiro atoms. The van der Waals surface area contributed by atoms with Crippen LogP contribution in [0.25, 0.3) is 0 Å². The zero-order chi connectivity index (χ0) is 23.1. The average molecular weight is 451 g/mol. The standard InChI is InChI=1S/C32H47F/c1-3-5-7-11-26-16-20-29(21-17-26)32(28-18-14-25(10-4-2)15-19-28)23-22-30(31(33)24-32)27-12-8-6-9-13-27/h6,8-9,12-13,22-26,28-30H,3-5,7,10-11,14-21H2,1-2H3/t25-,26-,28-,29-,30?,32?. The summed E-state index contributed by atoms with van der Waals surface area (Å²) in [7, 11) is 0. The summed E-state index contributed by atoms with van der Waals surface area (Å²) in [5, 5.41) is 0. The van der Waals surface area contributed by atoms with Crippen LogP contribution in [0.5, 0.6) is 0 Å². The van der Waals surface area contributed by atoms with E-state index in [4.69, 9.17) is 0 Å². The van der Waals surface area contributed by atoms with Crippen LogP contribution in [0.15, 0.2) is 54.4 Å². The molecule has 2 atom stereocenters. The first-order valence-electron chi connectivity index (χ1n) is 14.3. The van der Waals surface area contributed by atoms with Crippen LogP contribution < -0.4 is 0 Å². The Labute approximate surface area is 203 Å². The molecule has 0 amide bonds. The Balaban J connectivity index is 1.52. The third-order valence-corrected chi connectivity index (χ3v) is 9.44. The third kappa shape index (κ3) is 5.83. The molecule has 33 heavy (non-hydrogen) atoms. The molecule has 182 valence electrons. The monoisotopic (exact) mass is 450 g/mol. The Morgan fingerprint density at radius 1 is 0.758 bits per heavy atom. The van der Waals surface area contributed by atoms with E-state index in [2.05, 4.69) is 44.2 Å². The zero-order valence-corrected chi connectivity index (χ0v) is 21.3. The van der Waals surface area contributed by atoms with Gasteiger partial charge in [-0.15, -0.1) is 0 Å². The fourth-order valence-corrected chi connectivity index (χ4v) is 7.50. The lowest BCUT2D eigenvalue weighted by atomic mass is 9.55. The fraction of sp³-hybridized carbons (Fsp3) is 0.688. The van der Waals surface area contributed by atoms with E-state index in [0.717, 1.165) is 17.4 Å². The normalized spacial score (nSPS) is 34.8. The second-order valence-corrected chi connectivity index (χ2v) is 11.5. The highest BCUT2D eigenvalue weighted by Gasteiger charge is 2.46. The van der Waals surface area contributed by atoms with Crippen LogP contribution >= 0.6 is 0 Å². The molecule has 0 heterocycles. The Hall–Kier alpha value is -1.37. The molecular weight excluding hydrogens is 403 g/mol. The van der Waals surface area contributed by atoms with E-state index >= 15 is 4.39 Å². The maximum atomic E-state index is 15.8. The topological polar surface area (TPSA) is 0 Å². The van der Waals surface area contributed by atoms with E-state index in [1.54, 1.807) is 0 Å². The van der Waals surface area contributed by atoms with Gasteiger partial charge in [0.15, 0.2) is 0 Å². The van der Waals surface area contributed by atoms with Crippen molar-refractivity contribution in [2.24, 2.45) is 29.1 Å². The third-order valence-electron chi connectivity index (χ3n) is 9.44. The maximum absolute atomic E-state index is 15.8. The molecule has 4 rings (SSSR count). The van der Waals surface area contributed by atoms with Crippen LogP contribution in [0.1, 0.15) is 115 Å². The minimum atomic E-state index is -0.193. The maximum Gasteiger partial charge on any atom is 0.108 e. The highest BCUT2D eigenvalue weighted by molar-refractivity contribution is 5.38. The van der Waals surface area contributed by atoms with Gasteiger partial charge in [-0.25, -0.2) is 4.39 Å². The Kier molecular flexibility index (Phi) is 8.89. The lowest BCUT2D eigenvalue weighted by Gasteiger charge is -2.49. The van der Waals surface area contributed by atoms with Gasteiger partial charge < -0.3 is 0 Å². The summed E-state index contributed by atoms with van der Waals surface area (Å²) < 4.78 is 15.8. The van der Waals surface area contributed by atoms with Crippen molar-refractivity contribution in [2.75, 3.05) is 0 Å². The SMILES string of the molecule is CCCCC[C@H]1CC[C@H](C2([C@H]3CC[C@H](CCC)CC3)C=CC(c3ccccc3)C(F)=C2)CC1. The summed E-state index contributed by atoms with van der Waals surface area (Å²) in [6.07, 6.45) is 25.6. The fourth-order valence-electron chi connectivity index (χ4n) is 7.50. The van der Waals surface area contributed by atoms with E-state index in [9.17, 15) is 0 Å². The van der Waals surface area contributed by atoms with Gasteiger partial charge in [-0.05, 0) is 61.0 Å². The molecular formula is C32H47F. The number of halogens is 1. The van der Waals surface area contributed by atoms with Gasteiger partial charge in [-0.2, -0.15) is 0 Å². The summed E-state index contributed by atoms with van der Waals surface area (Å²) in [4.78, 5) is 0. The molecule has 0 aliphatic heterocycles. The molecule has 0 aromatic heterocycles. The molecule has 1 heteroatoms. The number of hydrogen-bond acceptors (Lipinski definition) is 0. The molecule has 0 bridgehead atoms. The summed E-state index contributed by atoms with van der Waals surface area (Å²) in [6, 6.07) is 10.2. The highest BCUT2D eigenvalue weighted by Crippen LogP contribution is 2.56. The number of hydrogen-bond donors (Lipinski definition) is 0. The zero-order valence-electron chi connectivity index (χ0n) is 21.3.